The van der Waals surface area contributed by atoms with Gasteiger partial charge in [0.05, 0.1) is 0 Å². The summed E-state index contributed by atoms with van der Waals surface area (Å²) in [7, 11) is 0. The number of amides is 1. The summed E-state index contributed by atoms with van der Waals surface area (Å²) < 4.78 is 0. The summed E-state index contributed by atoms with van der Waals surface area (Å²) in [6.07, 6.45) is 3.00. The maximum absolute atomic E-state index is 12.3. The largest absolute Gasteiger partial charge is 0.373 e. The summed E-state index contributed by atoms with van der Waals surface area (Å²) in [5, 5.41) is 6.46. The van der Waals surface area contributed by atoms with E-state index in [1.807, 2.05) is 18.2 Å². The summed E-state index contributed by atoms with van der Waals surface area (Å²) >= 11 is 0. The number of carbonyl (C=O) groups excluding carboxylic acids is 1. The fourth-order valence-corrected chi connectivity index (χ4v) is 2.89. The number of carbonyl (C=O) groups is 1. The monoisotopic (exact) mass is 260 g/mol. The molecule has 0 saturated carbocycles. The van der Waals surface area contributed by atoms with E-state index in [1.165, 1.54) is 5.56 Å². The molecule has 0 aromatic heterocycles. The summed E-state index contributed by atoms with van der Waals surface area (Å²) in [6.45, 7) is 6.47. The quantitative estimate of drug-likeness (QED) is 0.854. The van der Waals surface area contributed by atoms with Crippen molar-refractivity contribution in [3.05, 3.63) is 29.8 Å². The van der Waals surface area contributed by atoms with Crippen molar-refractivity contribution < 1.29 is 4.79 Å². The lowest BCUT2D eigenvalue weighted by molar-refractivity contribution is -0.122. The Bertz CT molecular complexity index is 415. The number of anilines is 1. The van der Waals surface area contributed by atoms with Gasteiger partial charge in [-0.25, -0.2) is 0 Å². The van der Waals surface area contributed by atoms with E-state index in [9.17, 15) is 4.79 Å². The van der Waals surface area contributed by atoms with Crippen molar-refractivity contribution in [2.75, 3.05) is 5.32 Å². The molecule has 1 aromatic carbocycles. The van der Waals surface area contributed by atoms with Gasteiger partial charge in [-0.2, -0.15) is 0 Å². The van der Waals surface area contributed by atoms with Crippen molar-refractivity contribution in [3.63, 3.8) is 0 Å². The number of hydrogen-bond acceptors (Lipinski definition) is 2. The second-order valence-electron chi connectivity index (χ2n) is 5.43. The zero-order valence-corrected chi connectivity index (χ0v) is 12.1. The van der Waals surface area contributed by atoms with Crippen LogP contribution in [0.25, 0.3) is 0 Å². The van der Waals surface area contributed by atoms with Crippen LogP contribution < -0.4 is 10.6 Å². The van der Waals surface area contributed by atoms with Crippen LogP contribution in [0.15, 0.2) is 24.3 Å². The molecule has 0 bridgehead atoms. The second-order valence-corrected chi connectivity index (χ2v) is 5.43. The van der Waals surface area contributed by atoms with Gasteiger partial charge in [0, 0.05) is 18.2 Å². The molecule has 2 N–H and O–H groups in total. The Morgan fingerprint density at radius 2 is 2.05 bits per heavy atom. The van der Waals surface area contributed by atoms with Gasteiger partial charge >= 0.3 is 0 Å². The second kappa shape index (κ2) is 6.09. The van der Waals surface area contributed by atoms with Gasteiger partial charge in [0.15, 0.2) is 0 Å². The highest BCUT2D eigenvalue weighted by Crippen LogP contribution is 2.25. The van der Waals surface area contributed by atoms with Crippen LogP contribution in [0.5, 0.6) is 0 Å². The first kappa shape index (κ1) is 13.9. The highest BCUT2D eigenvalue weighted by Gasteiger charge is 2.28. The Hall–Kier alpha value is -1.51. The van der Waals surface area contributed by atoms with Gasteiger partial charge in [0.2, 0.25) is 5.91 Å². The van der Waals surface area contributed by atoms with Crippen LogP contribution in [-0.4, -0.2) is 18.0 Å². The molecule has 1 aromatic rings. The molecule has 1 aliphatic rings. The third-order valence-electron chi connectivity index (χ3n) is 4.21. The molecule has 3 nitrogen and oxygen atoms in total. The van der Waals surface area contributed by atoms with Crippen LogP contribution >= 0.6 is 0 Å². The Morgan fingerprint density at radius 1 is 1.37 bits per heavy atom. The van der Waals surface area contributed by atoms with E-state index in [0.29, 0.717) is 5.92 Å². The predicted octanol–water partition coefficient (Wildman–Crippen LogP) is 2.96. The van der Waals surface area contributed by atoms with Gasteiger partial charge in [0.25, 0.3) is 0 Å². The number of fused-ring (bicyclic) bond motifs is 1. The minimum Gasteiger partial charge on any atom is -0.373 e. The van der Waals surface area contributed by atoms with Crippen LogP contribution in [0.3, 0.4) is 0 Å². The highest BCUT2D eigenvalue weighted by atomic mass is 16.2. The third kappa shape index (κ3) is 3.09. The fraction of sp³-hybridized carbons (Fsp3) is 0.562. The maximum Gasteiger partial charge on any atom is 0.243 e. The maximum atomic E-state index is 12.3. The van der Waals surface area contributed by atoms with Crippen molar-refractivity contribution >= 4 is 11.6 Å². The average molecular weight is 260 g/mol. The molecule has 0 spiro atoms. The first-order chi connectivity index (χ1) is 9.15. The van der Waals surface area contributed by atoms with Crippen molar-refractivity contribution in [2.24, 2.45) is 5.92 Å². The Kier molecular flexibility index (Phi) is 4.46. The number of benzene rings is 1. The van der Waals surface area contributed by atoms with Crippen molar-refractivity contribution in [2.45, 2.75) is 52.1 Å². The van der Waals surface area contributed by atoms with E-state index in [4.69, 9.17) is 0 Å². The molecule has 0 fully saturated rings. The molecule has 3 heteroatoms. The van der Waals surface area contributed by atoms with E-state index in [0.717, 1.165) is 24.9 Å². The molecule has 2 rings (SSSR count). The van der Waals surface area contributed by atoms with Crippen LogP contribution in [0.1, 0.15) is 39.2 Å². The van der Waals surface area contributed by atoms with Gasteiger partial charge in [-0.05, 0) is 24.5 Å². The predicted molar refractivity (Wildman–Crippen MR) is 79.2 cm³/mol. The van der Waals surface area contributed by atoms with Gasteiger partial charge in [-0.3, -0.25) is 4.79 Å². The van der Waals surface area contributed by atoms with Crippen LogP contribution in [-0.2, 0) is 11.2 Å². The van der Waals surface area contributed by atoms with Crippen LogP contribution in [0, 0.1) is 5.92 Å². The molecule has 1 amide bonds. The average Bonchev–Trinajstić information content (AvgIpc) is 2.84. The standard InChI is InChI=1S/C16H24N2O/c1-4-12(5-2)11(3)17-16(19)15-10-13-8-6-7-9-14(13)18-15/h6-9,11-12,15,18H,4-5,10H2,1-3H3,(H,17,19)/t11?,15-/m0/s1. The Balaban J connectivity index is 1.93. The lowest BCUT2D eigenvalue weighted by Crippen LogP contribution is -2.45. The number of para-hydroxylation sites is 1. The molecular weight excluding hydrogens is 236 g/mol. The summed E-state index contributed by atoms with van der Waals surface area (Å²) in [5.41, 5.74) is 2.33. The molecule has 19 heavy (non-hydrogen) atoms. The first-order valence-electron chi connectivity index (χ1n) is 7.30. The molecule has 1 heterocycles. The van der Waals surface area contributed by atoms with E-state index >= 15 is 0 Å². The molecule has 1 unspecified atom stereocenters. The van der Waals surface area contributed by atoms with Crippen molar-refractivity contribution in [1.82, 2.24) is 5.32 Å². The Morgan fingerprint density at radius 3 is 2.68 bits per heavy atom. The normalized spacial score (nSPS) is 18.8. The van der Waals surface area contributed by atoms with E-state index in [-0.39, 0.29) is 18.0 Å². The first-order valence-corrected chi connectivity index (χ1v) is 7.30. The number of rotatable bonds is 5. The molecule has 0 saturated heterocycles. The van der Waals surface area contributed by atoms with Crippen LogP contribution in [0.2, 0.25) is 0 Å². The van der Waals surface area contributed by atoms with Gasteiger partial charge in [0.1, 0.15) is 6.04 Å². The molecular formula is C16H24N2O. The van der Waals surface area contributed by atoms with Gasteiger partial charge in [-0.1, -0.05) is 44.9 Å². The highest BCUT2D eigenvalue weighted by molar-refractivity contribution is 5.87. The SMILES string of the molecule is CCC(CC)C(C)NC(=O)[C@@H]1Cc2ccccc2N1. The lowest BCUT2D eigenvalue weighted by atomic mass is 9.95. The minimum atomic E-state index is -0.116. The Labute approximate surface area is 115 Å². The third-order valence-corrected chi connectivity index (χ3v) is 4.21. The zero-order chi connectivity index (χ0) is 13.8. The summed E-state index contributed by atoms with van der Waals surface area (Å²) in [5.74, 6) is 0.684. The lowest BCUT2D eigenvalue weighted by Gasteiger charge is -2.24. The van der Waals surface area contributed by atoms with E-state index in [2.05, 4.69) is 37.5 Å². The van der Waals surface area contributed by atoms with Crippen molar-refractivity contribution in [3.8, 4) is 0 Å². The van der Waals surface area contributed by atoms with Gasteiger partial charge < -0.3 is 10.6 Å². The van der Waals surface area contributed by atoms with Crippen molar-refractivity contribution in [1.29, 1.82) is 0 Å². The van der Waals surface area contributed by atoms with E-state index in [1.54, 1.807) is 0 Å². The smallest absolute Gasteiger partial charge is 0.243 e. The molecule has 104 valence electrons. The fourth-order valence-electron chi connectivity index (χ4n) is 2.89. The zero-order valence-electron chi connectivity index (χ0n) is 12.1. The van der Waals surface area contributed by atoms with Gasteiger partial charge in [-0.15, -0.1) is 0 Å². The summed E-state index contributed by atoms with van der Waals surface area (Å²) in [4.78, 5) is 12.3. The molecule has 2 atom stereocenters. The summed E-state index contributed by atoms with van der Waals surface area (Å²) in [6, 6.07) is 8.27. The topological polar surface area (TPSA) is 41.1 Å². The minimum absolute atomic E-state index is 0.116. The van der Waals surface area contributed by atoms with Crippen LogP contribution in [0.4, 0.5) is 5.69 Å². The molecule has 0 radical (unpaired) electrons. The number of nitrogens with one attached hydrogen (secondary N) is 2. The molecule has 1 aliphatic heterocycles. The van der Waals surface area contributed by atoms with E-state index < -0.39 is 0 Å². The molecule has 0 aliphatic carbocycles. The number of hydrogen-bond donors (Lipinski definition) is 2.